The van der Waals surface area contributed by atoms with Crippen LogP contribution in [-0.4, -0.2) is 25.8 Å². The number of hydrogen-bond acceptors (Lipinski definition) is 2. The molecule has 0 saturated heterocycles. The molecule has 52 valence electrons. The highest BCUT2D eigenvalue weighted by atomic mass is 16.5. The maximum absolute atomic E-state index is 5.33. The average Bonchev–Trinajstić information content (AvgIpc) is 1.90. The van der Waals surface area contributed by atoms with Crippen LogP contribution in [0.5, 0.6) is 0 Å². The zero-order valence-electron chi connectivity index (χ0n) is 5.92. The van der Waals surface area contributed by atoms with Crippen molar-refractivity contribution in [1.82, 2.24) is 5.32 Å². The molecule has 0 aromatic rings. The molecule has 0 bridgehead atoms. The van der Waals surface area contributed by atoms with Gasteiger partial charge in [-0.15, -0.1) is 0 Å². The molecule has 2 atom stereocenters. The van der Waals surface area contributed by atoms with E-state index in [2.05, 4.69) is 17.5 Å². The first-order valence-electron chi connectivity index (χ1n) is 3.30. The van der Waals surface area contributed by atoms with Crippen molar-refractivity contribution in [2.45, 2.75) is 19.1 Å². The van der Waals surface area contributed by atoms with Gasteiger partial charge in [-0.25, -0.2) is 0 Å². The van der Waals surface area contributed by atoms with E-state index in [0.29, 0.717) is 12.1 Å². The van der Waals surface area contributed by atoms with Gasteiger partial charge in [0.05, 0.1) is 12.7 Å². The van der Waals surface area contributed by atoms with Crippen LogP contribution >= 0.6 is 0 Å². The Morgan fingerprint density at radius 3 is 2.78 bits per heavy atom. The Morgan fingerprint density at radius 1 is 1.56 bits per heavy atom. The van der Waals surface area contributed by atoms with Crippen molar-refractivity contribution in [2.24, 2.45) is 0 Å². The number of ether oxygens (including phenoxy) is 1. The summed E-state index contributed by atoms with van der Waals surface area (Å²) in [7, 11) is 1.94. The van der Waals surface area contributed by atoms with Crippen LogP contribution in [0.1, 0.15) is 6.92 Å². The van der Waals surface area contributed by atoms with Crippen LogP contribution in [0.2, 0.25) is 0 Å². The van der Waals surface area contributed by atoms with Crippen molar-refractivity contribution >= 4 is 0 Å². The van der Waals surface area contributed by atoms with Crippen LogP contribution in [0.3, 0.4) is 0 Å². The van der Waals surface area contributed by atoms with Gasteiger partial charge in [-0.1, -0.05) is 12.2 Å². The molecular weight excluding hydrogens is 114 g/mol. The highest BCUT2D eigenvalue weighted by Crippen LogP contribution is 2.02. The molecule has 0 aromatic carbocycles. The lowest BCUT2D eigenvalue weighted by Gasteiger charge is -2.20. The maximum atomic E-state index is 5.33. The predicted octanol–water partition coefficient (Wildman–Crippen LogP) is 0.549. The molecule has 0 saturated carbocycles. The monoisotopic (exact) mass is 127 g/mol. The zero-order valence-corrected chi connectivity index (χ0v) is 5.92. The van der Waals surface area contributed by atoms with E-state index in [9.17, 15) is 0 Å². The van der Waals surface area contributed by atoms with Crippen molar-refractivity contribution in [3.63, 3.8) is 0 Å². The normalized spacial score (nSPS) is 34.9. The molecule has 0 aromatic heterocycles. The lowest BCUT2D eigenvalue weighted by Crippen LogP contribution is -2.32. The Balaban J connectivity index is 2.38. The molecule has 0 spiro atoms. The van der Waals surface area contributed by atoms with E-state index in [-0.39, 0.29) is 0 Å². The highest BCUT2D eigenvalue weighted by molar-refractivity contribution is 4.99. The van der Waals surface area contributed by atoms with Crippen molar-refractivity contribution in [3.8, 4) is 0 Å². The van der Waals surface area contributed by atoms with Gasteiger partial charge in [0.15, 0.2) is 0 Å². The second kappa shape index (κ2) is 2.99. The van der Waals surface area contributed by atoms with E-state index < -0.39 is 0 Å². The van der Waals surface area contributed by atoms with Gasteiger partial charge >= 0.3 is 0 Å². The van der Waals surface area contributed by atoms with E-state index in [4.69, 9.17) is 4.74 Å². The van der Waals surface area contributed by atoms with Gasteiger partial charge in [-0.3, -0.25) is 0 Å². The molecule has 2 unspecified atom stereocenters. The van der Waals surface area contributed by atoms with Gasteiger partial charge in [0.2, 0.25) is 0 Å². The molecular formula is C7H13NO. The topological polar surface area (TPSA) is 21.3 Å². The SMILES string of the molecule is CNC1C=CC(C)OC1. The third-order valence-corrected chi connectivity index (χ3v) is 1.52. The molecule has 0 fully saturated rings. The molecule has 0 amide bonds. The molecule has 0 aliphatic carbocycles. The van der Waals surface area contributed by atoms with E-state index in [1.807, 2.05) is 14.0 Å². The van der Waals surface area contributed by atoms with Crippen LogP contribution in [0, 0.1) is 0 Å². The van der Waals surface area contributed by atoms with Gasteiger partial charge in [0.25, 0.3) is 0 Å². The van der Waals surface area contributed by atoms with Crippen LogP contribution in [0.25, 0.3) is 0 Å². The Morgan fingerprint density at radius 2 is 2.33 bits per heavy atom. The number of rotatable bonds is 1. The fraction of sp³-hybridized carbons (Fsp3) is 0.714. The zero-order chi connectivity index (χ0) is 6.69. The molecule has 1 heterocycles. The Labute approximate surface area is 55.9 Å². The smallest absolute Gasteiger partial charge is 0.0729 e. The molecule has 2 heteroatoms. The summed E-state index contributed by atoms with van der Waals surface area (Å²) >= 11 is 0. The van der Waals surface area contributed by atoms with Gasteiger partial charge in [-0.05, 0) is 14.0 Å². The van der Waals surface area contributed by atoms with Crippen LogP contribution in [0.4, 0.5) is 0 Å². The van der Waals surface area contributed by atoms with Gasteiger partial charge in [-0.2, -0.15) is 0 Å². The van der Waals surface area contributed by atoms with Crippen LogP contribution < -0.4 is 5.32 Å². The van der Waals surface area contributed by atoms with Crippen molar-refractivity contribution in [1.29, 1.82) is 0 Å². The first-order chi connectivity index (χ1) is 4.33. The van der Waals surface area contributed by atoms with Gasteiger partial charge in [0.1, 0.15) is 0 Å². The minimum Gasteiger partial charge on any atom is -0.372 e. The number of likely N-dealkylation sites (N-methyl/N-ethyl adjacent to an activating group) is 1. The van der Waals surface area contributed by atoms with Gasteiger partial charge in [0, 0.05) is 6.04 Å². The van der Waals surface area contributed by atoms with E-state index in [1.165, 1.54) is 0 Å². The lowest BCUT2D eigenvalue weighted by atomic mass is 10.2. The quantitative estimate of drug-likeness (QED) is 0.519. The van der Waals surface area contributed by atoms with Crippen LogP contribution in [-0.2, 0) is 4.74 Å². The third kappa shape index (κ3) is 1.80. The molecule has 1 rings (SSSR count). The minimum atomic E-state index is 0.301. The highest BCUT2D eigenvalue weighted by Gasteiger charge is 2.09. The first kappa shape index (κ1) is 6.78. The summed E-state index contributed by atoms with van der Waals surface area (Å²) in [6, 6.07) is 0.418. The fourth-order valence-electron chi connectivity index (χ4n) is 0.837. The van der Waals surface area contributed by atoms with Gasteiger partial charge < -0.3 is 10.1 Å². The Hall–Kier alpha value is -0.340. The number of hydrogen-bond donors (Lipinski definition) is 1. The second-order valence-electron chi connectivity index (χ2n) is 2.32. The molecule has 1 aliphatic heterocycles. The molecule has 9 heavy (non-hydrogen) atoms. The summed E-state index contributed by atoms with van der Waals surface area (Å²) in [5.41, 5.74) is 0. The fourth-order valence-corrected chi connectivity index (χ4v) is 0.837. The summed E-state index contributed by atoms with van der Waals surface area (Å²) in [6.45, 7) is 2.84. The van der Waals surface area contributed by atoms with Crippen molar-refractivity contribution < 1.29 is 4.74 Å². The van der Waals surface area contributed by atoms with E-state index in [0.717, 1.165) is 6.61 Å². The summed E-state index contributed by atoms with van der Waals surface area (Å²) in [6.07, 6.45) is 4.52. The molecule has 1 N–H and O–H groups in total. The molecule has 0 radical (unpaired) electrons. The average molecular weight is 127 g/mol. The van der Waals surface area contributed by atoms with Crippen LogP contribution in [0.15, 0.2) is 12.2 Å². The van der Waals surface area contributed by atoms with Crippen molar-refractivity contribution in [2.75, 3.05) is 13.7 Å². The lowest BCUT2D eigenvalue weighted by molar-refractivity contribution is 0.0779. The largest absolute Gasteiger partial charge is 0.372 e. The van der Waals surface area contributed by atoms with E-state index >= 15 is 0 Å². The third-order valence-electron chi connectivity index (χ3n) is 1.52. The summed E-state index contributed by atoms with van der Waals surface area (Å²) in [5, 5.41) is 3.11. The van der Waals surface area contributed by atoms with Crippen molar-refractivity contribution in [3.05, 3.63) is 12.2 Å². The first-order valence-corrected chi connectivity index (χ1v) is 3.30. The van der Waals surface area contributed by atoms with E-state index in [1.54, 1.807) is 0 Å². The minimum absolute atomic E-state index is 0.301. The predicted molar refractivity (Wildman–Crippen MR) is 37.4 cm³/mol. The second-order valence-corrected chi connectivity index (χ2v) is 2.32. The summed E-state index contributed by atoms with van der Waals surface area (Å²) in [5.74, 6) is 0. The number of nitrogens with one attached hydrogen (secondary N) is 1. The maximum Gasteiger partial charge on any atom is 0.0729 e. The molecule has 2 nitrogen and oxygen atoms in total. The Bertz CT molecular complexity index is 111. The standard InChI is InChI=1S/C7H13NO/c1-6-3-4-7(8-2)5-9-6/h3-4,6-8H,5H2,1-2H3. The molecule has 1 aliphatic rings. The Kier molecular flexibility index (Phi) is 2.25. The summed E-state index contributed by atoms with van der Waals surface area (Å²) < 4.78 is 5.33. The summed E-state index contributed by atoms with van der Waals surface area (Å²) in [4.78, 5) is 0.